The molecule has 0 amide bonds. The molecule has 0 bridgehead atoms. The number of hydrogen-bond donors (Lipinski definition) is 7. The maximum absolute atomic E-state index is 9.81. The minimum Gasteiger partial charge on any atom is -0.394 e. The zero-order valence-corrected chi connectivity index (χ0v) is 10.8. The Morgan fingerprint density at radius 3 is 2.26 bits per heavy atom. The summed E-state index contributed by atoms with van der Waals surface area (Å²) in [5, 5.41) is 59.3. The third kappa shape index (κ3) is 4.62. The van der Waals surface area contributed by atoms with Gasteiger partial charge in [-0.25, -0.2) is 0 Å². The fraction of sp³-hybridized carbons (Fsp3) is 1.00. The molecule has 1 fully saturated rings. The van der Waals surface area contributed by atoms with E-state index in [1.54, 1.807) is 6.92 Å². The Labute approximate surface area is 111 Å². The van der Waals surface area contributed by atoms with Crippen molar-refractivity contribution in [2.75, 3.05) is 6.61 Å². The van der Waals surface area contributed by atoms with E-state index >= 15 is 0 Å². The van der Waals surface area contributed by atoms with Crippen molar-refractivity contribution in [1.82, 2.24) is 5.32 Å². The quantitative estimate of drug-likeness (QED) is 0.253. The minimum absolute atomic E-state index is 0.215. The molecule has 0 aromatic rings. The van der Waals surface area contributed by atoms with Gasteiger partial charge in [0.1, 0.15) is 24.5 Å². The Hall–Kier alpha value is -0.320. The van der Waals surface area contributed by atoms with Crippen molar-refractivity contribution in [2.45, 2.75) is 62.7 Å². The van der Waals surface area contributed by atoms with E-state index in [0.717, 1.165) is 0 Å². The predicted molar refractivity (Wildman–Crippen MR) is 63.8 cm³/mol. The number of aliphatic hydroxyl groups is 6. The van der Waals surface area contributed by atoms with Gasteiger partial charge in [0.05, 0.1) is 18.8 Å². The second-order valence-electron chi connectivity index (χ2n) is 4.86. The van der Waals surface area contributed by atoms with Crippen molar-refractivity contribution in [3.8, 4) is 0 Å². The van der Waals surface area contributed by atoms with E-state index in [1.807, 2.05) is 0 Å². The molecule has 1 rings (SSSR count). The lowest BCUT2D eigenvalue weighted by Crippen LogP contribution is -2.64. The molecule has 114 valence electrons. The fourth-order valence-corrected chi connectivity index (χ4v) is 1.98. The van der Waals surface area contributed by atoms with E-state index < -0.39 is 49.6 Å². The lowest BCUT2D eigenvalue weighted by molar-refractivity contribution is -0.258. The summed E-state index contributed by atoms with van der Waals surface area (Å²) in [6, 6.07) is -1.08. The molecule has 8 heteroatoms. The molecule has 7 N–H and O–H groups in total. The van der Waals surface area contributed by atoms with Crippen molar-refractivity contribution in [3.05, 3.63) is 0 Å². The van der Waals surface area contributed by atoms with Crippen LogP contribution in [0.3, 0.4) is 0 Å². The van der Waals surface area contributed by atoms with Gasteiger partial charge in [-0.05, 0) is 19.8 Å². The summed E-state index contributed by atoms with van der Waals surface area (Å²) in [5.41, 5.74) is 0. The van der Waals surface area contributed by atoms with Gasteiger partial charge in [-0.2, -0.15) is 0 Å². The van der Waals surface area contributed by atoms with Crippen LogP contribution in [0.1, 0.15) is 19.8 Å². The largest absolute Gasteiger partial charge is 0.394 e. The molecule has 19 heavy (non-hydrogen) atoms. The number of nitrogens with one attached hydrogen (secondary N) is 1. The van der Waals surface area contributed by atoms with E-state index in [0.29, 0.717) is 6.42 Å². The lowest BCUT2D eigenvalue weighted by Gasteiger charge is -2.41. The van der Waals surface area contributed by atoms with Crippen molar-refractivity contribution >= 4 is 0 Å². The first-order valence-electron chi connectivity index (χ1n) is 6.29. The van der Waals surface area contributed by atoms with Crippen molar-refractivity contribution in [3.63, 3.8) is 0 Å². The van der Waals surface area contributed by atoms with Crippen molar-refractivity contribution in [2.24, 2.45) is 0 Å². The van der Waals surface area contributed by atoms with Gasteiger partial charge in [-0.3, -0.25) is 5.32 Å². The second kappa shape index (κ2) is 7.46. The summed E-state index contributed by atoms with van der Waals surface area (Å²) >= 11 is 0. The Morgan fingerprint density at radius 1 is 1.11 bits per heavy atom. The van der Waals surface area contributed by atoms with E-state index in [2.05, 4.69) is 5.32 Å². The lowest BCUT2D eigenvalue weighted by atomic mass is 9.97. The zero-order valence-electron chi connectivity index (χ0n) is 10.8. The van der Waals surface area contributed by atoms with Crippen molar-refractivity contribution in [1.29, 1.82) is 0 Å². The van der Waals surface area contributed by atoms with Crippen LogP contribution in [0.5, 0.6) is 0 Å². The predicted octanol–water partition coefficient (Wildman–Crippen LogP) is -3.14. The third-order valence-corrected chi connectivity index (χ3v) is 3.14. The van der Waals surface area contributed by atoms with Gasteiger partial charge in [0.25, 0.3) is 0 Å². The molecule has 1 aliphatic rings. The first kappa shape index (κ1) is 16.7. The maximum Gasteiger partial charge on any atom is 0.173 e. The average molecular weight is 281 g/mol. The summed E-state index contributed by atoms with van der Waals surface area (Å²) in [7, 11) is 0. The third-order valence-electron chi connectivity index (χ3n) is 3.14. The van der Waals surface area contributed by atoms with E-state index in [9.17, 15) is 20.4 Å². The van der Waals surface area contributed by atoms with Crippen LogP contribution < -0.4 is 5.32 Å². The first-order chi connectivity index (χ1) is 8.86. The Balaban J connectivity index is 2.52. The summed E-state index contributed by atoms with van der Waals surface area (Å²) in [4.78, 5) is 0. The van der Waals surface area contributed by atoms with Crippen LogP contribution in [0.15, 0.2) is 0 Å². The first-order valence-corrected chi connectivity index (χ1v) is 6.29. The summed E-state index contributed by atoms with van der Waals surface area (Å²) in [6.45, 7) is 1.04. The standard InChI is InChI=1S/C11H23NO7/c1-5(14)2-3-7(15)12-8-10(17)9(16)6(4-13)19-11(8)18/h5-18H,2-4H2,1H3/t5?,6?,7?,8-,9+,10?,11-/m1/s1. The Kier molecular flexibility index (Phi) is 6.57. The maximum atomic E-state index is 9.81. The van der Waals surface area contributed by atoms with Gasteiger partial charge in [0, 0.05) is 0 Å². The number of rotatable bonds is 6. The number of ether oxygens (including phenoxy) is 1. The van der Waals surface area contributed by atoms with Crippen LogP contribution in [0.25, 0.3) is 0 Å². The highest BCUT2D eigenvalue weighted by Gasteiger charge is 2.44. The van der Waals surface area contributed by atoms with Crippen LogP contribution in [0.2, 0.25) is 0 Å². The molecular weight excluding hydrogens is 258 g/mol. The topological polar surface area (TPSA) is 143 Å². The highest BCUT2D eigenvalue weighted by atomic mass is 16.6. The average Bonchev–Trinajstić information content (AvgIpc) is 2.36. The molecule has 1 aliphatic heterocycles. The molecule has 0 radical (unpaired) electrons. The van der Waals surface area contributed by atoms with Crippen LogP contribution in [0, 0.1) is 0 Å². The SMILES string of the molecule is CC(O)CCC(O)N[C@@H]1C(O)[C@@H](O)C(CO)O[C@H]1O. The Bertz CT molecular complexity index is 265. The normalized spacial score (nSPS) is 39.0. The number of aliphatic hydroxyl groups excluding tert-OH is 6. The molecule has 1 heterocycles. The van der Waals surface area contributed by atoms with Crippen molar-refractivity contribution < 1.29 is 35.4 Å². The van der Waals surface area contributed by atoms with Gasteiger partial charge in [-0.15, -0.1) is 0 Å². The highest BCUT2D eigenvalue weighted by molar-refractivity contribution is 4.93. The second-order valence-corrected chi connectivity index (χ2v) is 4.86. The van der Waals surface area contributed by atoms with Crippen LogP contribution in [-0.2, 0) is 4.74 Å². The molecular formula is C11H23NO7. The molecule has 0 saturated carbocycles. The fourth-order valence-electron chi connectivity index (χ4n) is 1.98. The molecule has 0 aromatic heterocycles. The van der Waals surface area contributed by atoms with Gasteiger partial charge >= 0.3 is 0 Å². The van der Waals surface area contributed by atoms with Gasteiger partial charge in [0.15, 0.2) is 6.29 Å². The molecule has 0 spiro atoms. The summed E-state index contributed by atoms with van der Waals surface area (Å²) in [5.74, 6) is 0. The summed E-state index contributed by atoms with van der Waals surface area (Å²) < 4.78 is 4.93. The molecule has 7 atom stereocenters. The van der Waals surface area contributed by atoms with Gasteiger partial charge in [-0.1, -0.05) is 0 Å². The molecule has 0 aromatic carbocycles. The molecule has 0 aliphatic carbocycles. The van der Waals surface area contributed by atoms with Gasteiger partial charge in [0.2, 0.25) is 0 Å². The number of hydrogen-bond acceptors (Lipinski definition) is 8. The summed E-state index contributed by atoms with van der Waals surface area (Å²) in [6.07, 6.45) is -6.36. The van der Waals surface area contributed by atoms with E-state index in [-0.39, 0.29) is 6.42 Å². The molecule has 1 saturated heterocycles. The highest BCUT2D eigenvalue weighted by Crippen LogP contribution is 2.20. The molecule has 4 unspecified atom stereocenters. The molecule has 8 nitrogen and oxygen atoms in total. The smallest absolute Gasteiger partial charge is 0.173 e. The van der Waals surface area contributed by atoms with E-state index in [4.69, 9.17) is 14.9 Å². The minimum atomic E-state index is -1.46. The zero-order chi connectivity index (χ0) is 14.6. The van der Waals surface area contributed by atoms with Crippen LogP contribution >= 0.6 is 0 Å². The van der Waals surface area contributed by atoms with Gasteiger partial charge < -0.3 is 35.4 Å². The van der Waals surface area contributed by atoms with E-state index in [1.165, 1.54) is 0 Å². The Morgan fingerprint density at radius 2 is 1.74 bits per heavy atom. The van der Waals surface area contributed by atoms with Crippen LogP contribution in [0.4, 0.5) is 0 Å². The van der Waals surface area contributed by atoms with Crippen LogP contribution in [-0.4, -0.2) is 80.2 Å². The monoisotopic (exact) mass is 281 g/mol.